The van der Waals surface area contributed by atoms with Gasteiger partial charge in [-0.2, -0.15) is 0 Å². The highest BCUT2D eigenvalue weighted by Crippen LogP contribution is 2.26. The third-order valence-corrected chi connectivity index (χ3v) is 4.92. The third kappa shape index (κ3) is 4.45. The average molecular weight is 308 g/mol. The summed E-state index contributed by atoms with van der Waals surface area (Å²) in [5.74, 6) is 1.70. The van der Waals surface area contributed by atoms with Crippen LogP contribution in [0.5, 0.6) is 0 Å². The standard InChI is InChI=1S/C17H26ClN3/c1-12(2)13-4-3-8-21(9-7-13)11-15-6-5-14(17(19)20)10-16(15)18/h5-6,10,12-13H,3-4,7-9,11H2,1-2H3,(H3,19,20). The molecule has 1 aliphatic rings. The summed E-state index contributed by atoms with van der Waals surface area (Å²) in [6.45, 7) is 7.85. The molecule has 3 nitrogen and oxygen atoms in total. The number of nitrogens with two attached hydrogens (primary N) is 1. The Bertz CT molecular complexity index is 499. The summed E-state index contributed by atoms with van der Waals surface area (Å²) in [6.07, 6.45) is 3.89. The minimum absolute atomic E-state index is 0.0676. The summed E-state index contributed by atoms with van der Waals surface area (Å²) in [5.41, 5.74) is 7.32. The number of likely N-dealkylation sites (tertiary alicyclic amines) is 1. The first kappa shape index (κ1) is 16.3. The highest BCUT2D eigenvalue weighted by Gasteiger charge is 2.20. The molecule has 1 heterocycles. The van der Waals surface area contributed by atoms with E-state index in [-0.39, 0.29) is 5.84 Å². The van der Waals surface area contributed by atoms with Gasteiger partial charge in [-0.1, -0.05) is 37.6 Å². The van der Waals surface area contributed by atoms with E-state index < -0.39 is 0 Å². The van der Waals surface area contributed by atoms with Gasteiger partial charge in [-0.25, -0.2) is 0 Å². The predicted molar refractivity (Wildman–Crippen MR) is 89.9 cm³/mol. The molecule has 1 aromatic carbocycles. The van der Waals surface area contributed by atoms with Gasteiger partial charge in [0, 0.05) is 17.1 Å². The molecule has 0 saturated carbocycles. The van der Waals surface area contributed by atoms with E-state index in [0.29, 0.717) is 10.6 Å². The fourth-order valence-electron chi connectivity index (χ4n) is 3.09. The molecule has 1 atom stereocenters. The smallest absolute Gasteiger partial charge is 0.122 e. The van der Waals surface area contributed by atoms with Crippen molar-refractivity contribution in [3.8, 4) is 0 Å². The minimum Gasteiger partial charge on any atom is -0.384 e. The molecule has 1 fully saturated rings. The van der Waals surface area contributed by atoms with Crippen molar-refractivity contribution in [1.82, 2.24) is 4.90 Å². The van der Waals surface area contributed by atoms with Crippen LogP contribution in [0.1, 0.15) is 44.2 Å². The largest absolute Gasteiger partial charge is 0.384 e. The quantitative estimate of drug-likeness (QED) is 0.655. The molecular weight excluding hydrogens is 282 g/mol. The van der Waals surface area contributed by atoms with Crippen molar-refractivity contribution in [1.29, 1.82) is 5.41 Å². The Morgan fingerprint density at radius 2 is 2.14 bits per heavy atom. The summed E-state index contributed by atoms with van der Waals surface area (Å²) in [6, 6.07) is 5.69. The van der Waals surface area contributed by atoms with Gasteiger partial charge >= 0.3 is 0 Å². The van der Waals surface area contributed by atoms with Crippen LogP contribution in [-0.4, -0.2) is 23.8 Å². The van der Waals surface area contributed by atoms with E-state index in [4.69, 9.17) is 22.7 Å². The first-order valence-electron chi connectivity index (χ1n) is 7.82. The number of hydrogen-bond donors (Lipinski definition) is 2. The lowest BCUT2D eigenvalue weighted by atomic mass is 9.89. The first-order chi connectivity index (χ1) is 9.97. The Labute approximate surface area is 133 Å². The van der Waals surface area contributed by atoms with Gasteiger partial charge in [-0.15, -0.1) is 0 Å². The van der Waals surface area contributed by atoms with Crippen molar-refractivity contribution in [3.63, 3.8) is 0 Å². The van der Waals surface area contributed by atoms with E-state index in [2.05, 4.69) is 18.7 Å². The topological polar surface area (TPSA) is 53.1 Å². The number of rotatable bonds is 4. The lowest BCUT2D eigenvalue weighted by Gasteiger charge is -2.22. The van der Waals surface area contributed by atoms with Gasteiger partial charge in [-0.3, -0.25) is 10.3 Å². The van der Waals surface area contributed by atoms with Crippen LogP contribution in [0.25, 0.3) is 0 Å². The minimum atomic E-state index is 0.0676. The van der Waals surface area contributed by atoms with E-state index in [1.54, 1.807) is 6.07 Å². The SMILES string of the molecule is CC(C)C1CCCN(Cc2ccc(C(=N)N)cc2Cl)CC1. The number of nitrogens with zero attached hydrogens (tertiary/aromatic N) is 1. The lowest BCUT2D eigenvalue weighted by Crippen LogP contribution is -2.25. The van der Waals surface area contributed by atoms with Crippen LogP contribution in [-0.2, 0) is 6.54 Å². The molecule has 0 aromatic heterocycles. The molecule has 0 aliphatic carbocycles. The fourth-order valence-corrected chi connectivity index (χ4v) is 3.33. The maximum atomic E-state index is 7.46. The summed E-state index contributed by atoms with van der Waals surface area (Å²) in [7, 11) is 0. The second kappa shape index (κ2) is 7.28. The molecule has 1 aliphatic heterocycles. The van der Waals surface area contributed by atoms with Crippen molar-refractivity contribution in [3.05, 3.63) is 34.3 Å². The maximum absolute atomic E-state index is 7.46. The van der Waals surface area contributed by atoms with Crippen molar-refractivity contribution in [2.24, 2.45) is 17.6 Å². The predicted octanol–water partition coefficient (Wildman–Crippen LogP) is 3.88. The number of halogens is 1. The summed E-state index contributed by atoms with van der Waals surface area (Å²) in [5, 5.41) is 8.17. The van der Waals surface area contributed by atoms with Gasteiger partial charge in [0.15, 0.2) is 0 Å². The van der Waals surface area contributed by atoms with Crippen LogP contribution < -0.4 is 5.73 Å². The Kier molecular flexibility index (Phi) is 5.65. The van der Waals surface area contributed by atoms with Crippen molar-refractivity contribution in [2.45, 2.75) is 39.7 Å². The molecule has 2 rings (SSSR count). The number of hydrogen-bond acceptors (Lipinski definition) is 2. The zero-order valence-corrected chi connectivity index (χ0v) is 13.8. The molecule has 0 radical (unpaired) electrons. The maximum Gasteiger partial charge on any atom is 0.122 e. The van der Waals surface area contributed by atoms with Crippen LogP contribution >= 0.6 is 11.6 Å². The monoisotopic (exact) mass is 307 g/mol. The summed E-state index contributed by atoms with van der Waals surface area (Å²) >= 11 is 6.33. The van der Waals surface area contributed by atoms with E-state index in [9.17, 15) is 0 Å². The third-order valence-electron chi connectivity index (χ3n) is 4.57. The molecule has 0 amide bonds. The number of amidine groups is 1. The van der Waals surface area contributed by atoms with Crippen molar-refractivity contribution >= 4 is 17.4 Å². The van der Waals surface area contributed by atoms with Crippen LogP contribution in [0.3, 0.4) is 0 Å². The van der Waals surface area contributed by atoms with E-state index in [1.807, 2.05) is 12.1 Å². The van der Waals surface area contributed by atoms with Crippen LogP contribution in [0.2, 0.25) is 5.02 Å². The zero-order chi connectivity index (χ0) is 15.4. The molecule has 4 heteroatoms. The van der Waals surface area contributed by atoms with Crippen molar-refractivity contribution < 1.29 is 0 Å². The molecule has 0 bridgehead atoms. The highest BCUT2D eigenvalue weighted by molar-refractivity contribution is 6.31. The Hall–Kier alpha value is -1.06. The molecule has 1 unspecified atom stereocenters. The van der Waals surface area contributed by atoms with E-state index in [0.717, 1.165) is 37.0 Å². The van der Waals surface area contributed by atoms with Crippen LogP contribution in [0.15, 0.2) is 18.2 Å². The second-order valence-electron chi connectivity index (χ2n) is 6.43. The van der Waals surface area contributed by atoms with E-state index in [1.165, 1.54) is 19.3 Å². The molecule has 21 heavy (non-hydrogen) atoms. The molecular formula is C17H26ClN3. The summed E-state index contributed by atoms with van der Waals surface area (Å²) < 4.78 is 0. The molecule has 1 aromatic rings. The molecule has 3 N–H and O–H groups in total. The van der Waals surface area contributed by atoms with Gasteiger partial charge in [0.25, 0.3) is 0 Å². The second-order valence-corrected chi connectivity index (χ2v) is 6.84. The van der Waals surface area contributed by atoms with Gasteiger partial charge in [0.2, 0.25) is 0 Å². The van der Waals surface area contributed by atoms with E-state index >= 15 is 0 Å². The Balaban J connectivity index is 2.00. The molecule has 1 saturated heterocycles. The number of nitrogen functional groups attached to an aromatic ring is 1. The van der Waals surface area contributed by atoms with Gasteiger partial charge in [0.1, 0.15) is 5.84 Å². The highest BCUT2D eigenvalue weighted by atomic mass is 35.5. The van der Waals surface area contributed by atoms with Gasteiger partial charge in [-0.05, 0) is 55.8 Å². The molecule has 116 valence electrons. The van der Waals surface area contributed by atoms with Crippen LogP contribution in [0, 0.1) is 17.2 Å². The van der Waals surface area contributed by atoms with Gasteiger partial charge < -0.3 is 5.73 Å². The zero-order valence-electron chi connectivity index (χ0n) is 13.0. The normalized spacial score (nSPS) is 20.5. The Morgan fingerprint density at radius 1 is 1.38 bits per heavy atom. The molecule has 0 spiro atoms. The number of nitrogens with one attached hydrogen (secondary N) is 1. The lowest BCUT2D eigenvalue weighted by molar-refractivity contribution is 0.265. The van der Waals surface area contributed by atoms with Gasteiger partial charge in [0.05, 0.1) is 0 Å². The Morgan fingerprint density at radius 3 is 2.76 bits per heavy atom. The van der Waals surface area contributed by atoms with Crippen molar-refractivity contribution in [2.75, 3.05) is 13.1 Å². The fraction of sp³-hybridized carbons (Fsp3) is 0.588. The summed E-state index contributed by atoms with van der Waals surface area (Å²) in [4.78, 5) is 2.50. The first-order valence-corrected chi connectivity index (χ1v) is 8.20. The number of benzene rings is 1. The average Bonchev–Trinajstić information content (AvgIpc) is 2.66. The van der Waals surface area contributed by atoms with Crippen LogP contribution in [0.4, 0.5) is 0 Å².